The molecule has 1 aliphatic heterocycles. The average Bonchev–Trinajstić information content (AvgIpc) is 2.48. The van der Waals surface area contributed by atoms with Gasteiger partial charge in [0, 0.05) is 32.2 Å². The molecule has 1 heterocycles. The number of nitrogens with one attached hydrogen (secondary N) is 1. The van der Waals surface area contributed by atoms with Crippen molar-refractivity contribution in [2.24, 2.45) is 0 Å². The van der Waals surface area contributed by atoms with E-state index in [2.05, 4.69) is 32.2 Å². The van der Waals surface area contributed by atoms with E-state index in [4.69, 9.17) is 10.00 Å². The summed E-state index contributed by atoms with van der Waals surface area (Å²) < 4.78 is 5.78. The summed E-state index contributed by atoms with van der Waals surface area (Å²) in [5.74, 6) is 0.514. The molecule has 2 N–H and O–H groups in total. The molecule has 20 heavy (non-hydrogen) atoms. The second-order valence-corrected chi connectivity index (χ2v) is 5.57. The number of hydrogen-bond acceptors (Lipinski definition) is 5. The molecule has 1 aromatic rings. The molecule has 1 fully saturated rings. The third-order valence-electron chi connectivity index (χ3n) is 3.53. The quantitative estimate of drug-likeness (QED) is 0.878. The largest absolute Gasteiger partial charge is 0.503 e. The molecule has 0 unspecified atom stereocenters. The van der Waals surface area contributed by atoms with Crippen LogP contribution in [0.1, 0.15) is 18.0 Å². The van der Waals surface area contributed by atoms with E-state index < -0.39 is 0 Å². The summed E-state index contributed by atoms with van der Waals surface area (Å²) in [6.07, 6.45) is 0.417. The lowest BCUT2D eigenvalue weighted by Crippen LogP contribution is -2.45. The summed E-state index contributed by atoms with van der Waals surface area (Å²) >= 11 is 3.34. The van der Waals surface area contributed by atoms with Crippen LogP contribution in [-0.4, -0.2) is 43.3 Å². The lowest BCUT2D eigenvalue weighted by Gasteiger charge is -2.34. The van der Waals surface area contributed by atoms with Crippen molar-refractivity contribution < 1.29 is 9.84 Å². The first kappa shape index (κ1) is 15.1. The Morgan fingerprint density at radius 3 is 2.80 bits per heavy atom. The zero-order valence-corrected chi connectivity index (χ0v) is 13.0. The molecule has 1 saturated heterocycles. The van der Waals surface area contributed by atoms with Crippen LogP contribution in [0.2, 0.25) is 0 Å². The van der Waals surface area contributed by atoms with Crippen LogP contribution in [0.3, 0.4) is 0 Å². The SMILES string of the molecule is COc1cc([C@@H](CC#N)N2CCNCC2)cc(Br)c1O. The normalized spacial score (nSPS) is 17.4. The Labute approximate surface area is 127 Å². The van der Waals surface area contributed by atoms with Gasteiger partial charge in [0.05, 0.1) is 24.1 Å². The van der Waals surface area contributed by atoms with E-state index in [0.717, 1.165) is 31.7 Å². The topological polar surface area (TPSA) is 68.5 Å². The summed E-state index contributed by atoms with van der Waals surface area (Å²) in [7, 11) is 1.52. The van der Waals surface area contributed by atoms with E-state index >= 15 is 0 Å². The second kappa shape index (κ2) is 6.93. The average molecular weight is 340 g/mol. The van der Waals surface area contributed by atoms with Crippen LogP contribution in [0, 0.1) is 11.3 Å². The van der Waals surface area contributed by atoms with E-state index in [-0.39, 0.29) is 11.8 Å². The van der Waals surface area contributed by atoms with Gasteiger partial charge < -0.3 is 15.2 Å². The van der Waals surface area contributed by atoms with Gasteiger partial charge in [-0.1, -0.05) is 0 Å². The van der Waals surface area contributed by atoms with E-state index in [9.17, 15) is 5.11 Å². The monoisotopic (exact) mass is 339 g/mol. The van der Waals surface area contributed by atoms with Gasteiger partial charge in [-0.2, -0.15) is 5.26 Å². The molecule has 0 saturated carbocycles. The summed E-state index contributed by atoms with van der Waals surface area (Å²) in [6.45, 7) is 3.68. The summed E-state index contributed by atoms with van der Waals surface area (Å²) in [4.78, 5) is 2.29. The fourth-order valence-corrected chi connectivity index (χ4v) is 2.94. The van der Waals surface area contributed by atoms with Crippen LogP contribution in [0.15, 0.2) is 16.6 Å². The van der Waals surface area contributed by atoms with Gasteiger partial charge in [-0.3, -0.25) is 4.90 Å². The number of nitriles is 1. The molecular formula is C14H18BrN3O2. The molecule has 0 aromatic heterocycles. The summed E-state index contributed by atoms with van der Waals surface area (Å²) in [5, 5.41) is 22.3. The predicted octanol–water partition coefficient (Wildman–Crippen LogP) is 2.02. The number of phenolic OH excluding ortho intramolecular Hbond substituents is 1. The Balaban J connectivity index is 2.33. The molecule has 0 spiro atoms. The second-order valence-electron chi connectivity index (χ2n) is 4.72. The first-order valence-corrected chi connectivity index (χ1v) is 7.34. The van der Waals surface area contributed by atoms with Crippen molar-refractivity contribution in [3.05, 3.63) is 22.2 Å². The maximum atomic E-state index is 9.88. The maximum Gasteiger partial charge on any atom is 0.172 e. The molecular weight excluding hydrogens is 322 g/mol. The first-order valence-electron chi connectivity index (χ1n) is 6.55. The summed E-state index contributed by atoms with van der Waals surface area (Å²) in [5.41, 5.74) is 0.981. The van der Waals surface area contributed by atoms with Crippen molar-refractivity contribution in [1.29, 1.82) is 5.26 Å². The van der Waals surface area contributed by atoms with Gasteiger partial charge in [-0.05, 0) is 33.6 Å². The van der Waals surface area contributed by atoms with Crippen LogP contribution >= 0.6 is 15.9 Å². The van der Waals surface area contributed by atoms with Gasteiger partial charge in [-0.25, -0.2) is 0 Å². The lowest BCUT2D eigenvalue weighted by molar-refractivity contribution is 0.175. The highest BCUT2D eigenvalue weighted by atomic mass is 79.9. The standard InChI is InChI=1S/C14H18BrN3O2/c1-20-13-9-10(8-11(15)14(13)19)12(2-3-16)18-6-4-17-5-7-18/h8-9,12,17,19H,2,4-7H2,1H3/t12-/m1/s1. The number of methoxy groups -OCH3 is 1. The Morgan fingerprint density at radius 1 is 1.50 bits per heavy atom. The highest BCUT2D eigenvalue weighted by Gasteiger charge is 2.24. The first-order chi connectivity index (χ1) is 9.67. The highest BCUT2D eigenvalue weighted by molar-refractivity contribution is 9.10. The van der Waals surface area contributed by atoms with Crippen LogP contribution < -0.4 is 10.1 Å². The van der Waals surface area contributed by atoms with E-state index in [1.165, 1.54) is 7.11 Å². The van der Waals surface area contributed by atoms with Gasteiger partial charge in [0.15, 0.2) is 11.5 Å². The summed E-state index contributed by atoms with van der Waals surface area (Å²) in [6, 6.07) is 5.95. The predicted molar refractivity (Wildman–Crippen MR) is 79.8 cm³/mol. The van der Waals surface area contributed by atoms with Gasteiger partial charge >= 0.3 is 0 Å². The van der Waals surface area contributed by atoms with Gasteiger partial charge in [0.2, 0.25) is 0 Å². The van der Waals surface area contributed by atoms with Gasteiger partial charge in [0.25, 0.3) is 0 Å². The number of hydrogen-bond donors (Lipinski definition) is 2. The number of ether oxygens (including phenoxy) is 1. The minimum Gasteiger partial charge on any atom is -0.503 e. The molecule has 0 radical (unpaired) electrons. The van der Waals surface area contributed by atoms with Crippen molar-refractivity contribution in [1.82, 2.24) is 10.2 Å². The Morgan fingerprint density at radius 2 is 2.20 bits per heavy atom. The smallest absolute Gasteiger partial charge is 0.172 e. The molecule has 0 bridgehead atoms. The number of piperazine rings is 1. The number of halogens is 1. The van der Waals surface area contributed by atoms with Crippen LogP contribution in [0.4, 0.5) is 0 Å². The van der Waals surface area contributed by atoms with Crippen molar-refractivity contribution >= 4 is 15.9 Å². The van der Waals surface area contributed by atoms with Crippen LogP contribution in [0.25, 0.3) is 0 Å². The molecule has 2 rings (SSSR count). The fraction of sp³-hybridized carbons (Fsp3) is 0.500. The number of nitrogens with zero attached hydrogens (tertiary/aromatic N) is 2. The number of phenols is 1. The van der Waals surface area contributed by atoms with Gasteiger partial charge in [-0.15, -0.1) is 0 Å². The molecule has 1 aliphatic rings. The molecule has 5 nitrogen and oxygen atoms in total. The van der Waals surface area contributed by atoms with Crippen LogP contribution in [0.5, 0.6) is 11.5 Å². The molecule has 0 amide bonds. The van der Waals surface area contributed by atoms with Gasteiger partial charge in [0.1, 0.15) is 0 Å². The minimum atomic E-state index is 0.0212. The molecule has 108 valence electrons. The van der Waals surface area contributed by atoms with Crippen molar-refractivity contribution in [2.45, 2.75) is 12.5 Å². The third-order valence-corrected chi connectivity index (χ3v) is 4.14. The maximum absolute atomic E-state index is 9.88. The Bertz CT molecular complexity index is 510. The van der Waals surface area contributed by atoms with E-state index in [1.54, 1.807) is 0 Å². The number of rotatable bonds is 4. The Hall–Kier alpha value is -1.29. The molecule has 6 heteroatoms. The minimum absolute atomic E-state index is 0.0212. The fourth-order valence-electron chi connectivity index (χ4n) is 2.48. The molecule has 1 atom stereocenters. The Kier molecular flexibility index (Phi) is 5.24. The molecule has 0 aliphatic carbocycles. The van der Waals surface area contributed by atoms with Crippen molar-refractivity contribution in [2.75, 3.05) is 33.3 Å². The van der Waals surface area contributed by atoms with Crippen molar-refractivity contribution in [3.63, 3.8) is 0 Å². The third kappa shape index (κ3) is 3.23. The van der Waals surface area contributed by atoms with Crippen LogP contribution in [-0.2, 0) is 0 Å². The van der Waals surface area contributed by atoms with E-state index in [1.807, 2.05) is 12.1 Å². The number of benzene rings is 1. The highest BCUT2D eigenvalue weighted by Crippen LogP contribution is 2.38. The molecule has 1 aromatic carbocycles. The van der Waals surface area contributed by atoms with E-state index in [0.29, 0.717) is 16.6 Å². The van der Waals surface area contributed by atoms with Crippen molar-refractivity contribution in [3.8, 4) is 17.6 Å². The lowest BCUT2D eigenvalue weighted by atomic mass is 10.0. The zero-order chi connectivity index (χ0) is 14.5. The zero-order valence-electron chi connectivity index (χ0n) is 11.4. The number of aromatic hydroxyl groups is 1.